The fourth-order valence-electron chi connectivity index (χ4n) is 3.34. The molecule has 0 saturated carbocycles. The first kappa shape index (κ1) is 33.2. The Morgan fingerprint density at radius 1 is 1.00 bits per heavy atom. The molecule has 0 radical (unpaired) electrons. The quantitative estimate of drug-likeness (QED) is 0.0455. The summed E-state index contributed by atoms with van der Waals surface area (Å²) >= 11 is 1.44. The van der Waals surface area contributed by atoms with Crippen molar-refractivity contribution in [3.63, 3.8) is 0 Å². The van der Waals surface area contributed by atoms with Crippen LogP contribution in [0.5, 0.6) is 0 Å². The van der Waals surface area contributed by atoms with E-state index in [0.717, 1.165) is 0 Å². The monoisotopic (exact) mass is 570 g/mol. The van der Waals surface area contributed by atoms with Gasteiger partial charge in [0, 0.05) is 31.3 Å². The third-order valence-corrected chi connectivity index (χ3v) is 6.10. The van der Waals surface area contributed by atoms with Gasteiger partial charge < -0.3 is 49.0 Å². The first-order valence-electron chi connectivity index (χ1n) is 12.1. The van der Waals surface area contributed by atoms with Crippen molar-refractivity contribution in [2.75, 3.05) is 18.6 Å². The highest BCUT2D eigenvalue weighted by molar-refractivity contribution is 7.98. The Balaban J connectivity index is 3.00. The minimum Gasteiger partial charge on any atom is -0.480 e. The highest BCUT2D eigenvalue weighted by Crippen LogP contribution is 2.07. The number of carbonyl (C=O) groups excluding carboxylic acids is 4. The maximum Gasteiger partial charge on any atom is 0.326 e. The second-order valence-electron chi connectivity index (χ2n) is 8.64. The van der Waals surface area contributed by atoms with Crippen LogP contribution in [0.25, 0.3) is 0 Å². The van der Waals surface area contributed by atoms with E-state index in [2.05, 4.69) is 30.9 Å². The number of carboxylic acids is 1. The molecule has 0 aliphatic heterocycles. The van der Waals surface area contributed by atoms with Gasteiger partial charge in [0.15, 0.2) is 5.96 Å². The smallest absolute Gasteiger partial charge is 0.326 e. The van der Waals surface area contributed by atoms with Crippen molar-refractivity contribution in [2.24, 2.45) is 27.9 Å². The molecule has 1 aromatic rings. The van der Waals surface area contributed by atoms with Crippen LogP contribution in [0.1, 0.15) is 37.8 Å². The molecular formula is C22H38N10O6S. The predicted molar refractivity (Wildman–Crippen MR) is 145 cm³/mol. The Hall–Kier alpha value is -3.86. The maximum atomic E-state index is 13.2. The topological polar surface area (TPSA) is 287 Å². The van der Waals surface area contributed by atoms with Gasteiger partial charge in [-0.05, 0) is 37.7 Å². The van der Waals surface area contributed by atoms with Crippen LogP contribution in [-0.4, -0.2) is 93.4 Å². The van der Waals surface area contributed by atoms with E-state index < -0.39 is 53.8 Å². The second-order valence-corrected chi connectivity index (χ2v) is 9.63. The van der Waals surface area contributed by atoms with Crippen LogP contribution in [0.15, 0.2) is 17.5 Å². The number of aromatic amines is 1. The molecule has 1 rings (SSSR count). The fraction of sp³-hybridized carbons (Fsp3) is 0.591. The van der Waals surface area contributed by atoms with E-state index in [-0.39, 0.29) is 51.0 Å². The molecule has 0 aromatic carbocycles. The average molecular weight is 571 g/mol. The number of rotatable bonds is 19. The Kier molecular flexibility index (Phi) is 15.0. The molecule has 0 aliphatic rings. The van der Waals surface area contributed by atoms with Gasteiger partial charge in [-0.25, -0.2) is 9.78 Å². The van der Waals surface area contributed by atoms with Crippen LogP contribution in [0.4, 0.5) is 0 Å². The predicted octanol–water partition coefficient (Wildman–Crippen LogP) is -3.11. The molecule has 0 bridgehead atoms. The van der Waals surface area contributed by atoms with Crippen LogP contribution in [0.3, 0.4) is 0 Å². The molecule has 4 amide bonds. The molecule has 39 heavy (non-hydrogen) atoms. The number of aromatic nitrogens is 2. The lowest BCUT2D eigenvalue weighted by molar-refractivity contribution is -0.142. The van der Waals surface area contributed by atoms with E-state index in [4.69, 9.17) is 22.9 Å². The SMILES string of the molecule is CSCCC(NC(=O)C(N)CCC(N)=O)C(=O)NC(Cc1cnc[nH]1)C(=O)NC(CCCN=C(N)N)C(=O)O. The fourth-order valence-corrected chi connectivity index (χ4v) is 3.81. The molecule has 218 valence electrons. The summed E-state index contributed by atoms with van der Waals surface area (Å²) in [5.41, 5.74) is 22.0. The summed E-state index contributed by atoms with van der Waals surface area (Å²) in [5.74, 6) is -3.58. The number of H-pyrrole nitrogens is 1. The number of hydrogen-bond acceptors (Lipinski definition) is 9. The van der Waals surface area contributed by atoms with E-state index in [1.165, 1.54) is 24.3 Å². The van der Waals surface area contributed by atoms with E-state index in [1.807, 2.05) is 6.26 Å². The molecule has 0 aliphatic carbocycles. The highest BCUT2D eigenvalue weighted by Gasteiger charge is 2.30. The van der Waals surface area contributed by atoms with Crippen LogP contribution in [-0.2, 0) is 30.4 Å². The molecule has 4 unspecified atom stereocenters. The molecule has 0 saturated heterocycles. The zero-order chi connectivity index (χ0) is 29.4. The van der Waals surface area contributed by atoms with Gasteiger partial charge in [-0.15, -0.1) is 0 Å². The van der Waals surface area contributed by atoms with Crippen LogP contribution in [0, 0.1) is 0 Å². The van der Waals surface area contributed by atoms with Crippen LogP contribution in [0.2, 0.25) is 0 Å². The van der Waals surface area contributed by atoms with Gasteiger partial charge in [-0.1, -0.05) is 0 Å². The highest BCUT2D eigenvalue weighted by atomic mass is 32.2. The van der Waals surface area contributed by atoms with Crippen molar-refractivity contribution in [3.05, 3.63) is 18.2 Å². The van der Waals surface area contributed by atoms with Crippen molar-refractivity contribution in [3.8, 4) is 0 Å². The number of nitrogens with one attached hydrogen (secondary N) is 4. The van der Waals surface area contributed by atoms with Crippen LogP contribution >= 0.6 is 11.8 Å². The largest absolute Gasteiger partial charge is 0.480 e. The number of amides is 4. The number of primary amides is 1. The minimum absolute atomic E-state index is 0.00263. The number of carbonyl (C=O) groups is 5. The number of aliphatic carboxylic acids is 1. The Bertz CT molecular complexity index is 986. The first-order valence-corrected chi connectivity index (χ1v) is 13.5. The summed E-state index contributed by atoms with van der Waals surface area (Å²) in [4.78, 5) is 72.1. The number of carboxylic acid groups (broad SMARTS) is 1. The molecule has 1 aromatic heterocycles. The first-order chi connectivity index (χ1) is 18.4. The van der Waals surface area contributed by atoms with Crippen molar-refractivity contribution in [1.82, 2.24) is 25.9 Å². The number of imidazole rings is 1. The summed E-state index contributed by atoms with van der Waals surface area (Å²) in [7, 11) is 0. The van der Waals surface area contributed by atoms with Crippen LogP contribution < -0.4 is 38.9 Å². The molecule has 0 spiro atoms. The summed E-state index contributed by atoms with van der Waals surface area (Å²) in [5, 5.41) is 17.2. The molecule has 17 heteroatoms. The molecule has 0 fully saturated rings. The zero-order valence-corrected chi connectivity index (χ0v) is 22.5. The maximum absolute atomic E-state index is 13.2. The number of nitrogens with two attached hydrogens (primary N) is 4. The molecular weight excluding hydrogens is 532 g/mol. The lowest BCUT2D eigenvalue weighted by Crippen LogP contribution is -2.57. The lowest BCUT2D eigenvalue weighted by Gasteiger charge is -2.25. The number of thioether (sulfide) groups is 1. The molecule has 4 atom stereocenters. The third kappa shape index (κ3) is 13.5. The van der Waals surface area contributed by atoms with Gasteiger partial charge in [-0.3, -0.25) is 24.2 Å². The van der Waals surface area contributed by atoms with Gasteiger partial charge in [-0.2, -0.15) is 11.8 Å². The average Bonchev–Trinajstić information content (AvgIpc) is 3.38. The van der Waals surface area contributed by atoms with Crippen molar-refractivity contribution in [2.45, 2.75) is 62.7 Å². The van der Waals surface area contributed by atoms with Gasteiger partial charge >= 0.3 is 5.97 Å². The Labute approximate surface area is 229 Å². The number of guanidine groups is 1. The molecule has 13 N–H and O–H groups in total. The Morgan fingerprint density at radius 3 is 2.21 bits per heavy atom. The molecule has 16 nitrogen and oxygen atoms in total. The number of hydrogen-bond donors (Lipinski definition) is 9. The Morgan fingerprint density at radius 2 is 1.64 bits per heavy atom. The van der Waals surface area contributed by atoms with E-state index >= 15 is 0 Å². The zero-order valence-electron chi connectivity index (χ0n) is 21.7. The number of nitrogens with zero attached hydrogens (tertiary/aromatic N) is 2. The van der Waals surface area contributed by atoms with Crippen molar-refractivity contribution in [1.29, 1.82) is 0 Å². The lowest BCUT2D eigenvalue weighted by atomic mass is 10.1. The summed E-state index contributed by atoms with van der Waals surface area (Å²) < 4.78 is 0. The second kappa shape index (κ2) is 17.6. The van der Waals surface area contributed by atoms with Gasteiger partial charge in [0.25, 0.3) is 0 Å². The summed E-state index contributed by atoms with van der Waals surface area (Å²) in [6.45, 7) is 0.175. The van der Waals surface area contributed by atoms with E-state index in [1.54, 1.807) is 0 Å². The van der Waals surface area contributed by atoms with Gasteiger partial charge in [0.05, 0.1) is 12.4 Å². The van der Waals surface area contributed by atoms with E-state index in [0.29, 0.717) is 11.4 Å². The summed E-state index contributed by atoms with van der Waals surface area (Å²) in [6.07, 6.45) is 5.10. The summed E-state index contributed by atoms with van der Waals surface area (Å²) in [6, 6.07) is -4.57. The van der Waals surface area contributed by atoms with Gasteiger partial charge in [0.2, 0.25) is 23.6 Å². The number of aliphatic imine (C=N–C) groups is 1. The standard InChI is InChI=1S/C22H38N10O6S/c1-39-8-6-14(30-18(34)13(23)4-5-17(24)33)19(35)32-16(9-12-10-27-11-29-12)20(36)31-15(21(37)38)3-2-7-28-22(25)26/h10-11,13-16H,2-9,23H2,1H3,(H2,24,33)(H,27,29)(H,30,34)(H,31,36)(H,32,35)(H,37,38)(H4,25,26,28). The van der Waals surface area contributed by atoms with Crippen molar-refractivity contribution < 1.29 is 29.1 Å². The van der Waals surface area contributed by atoms with Gasteiger partial charge in [0.1, 0.15) is 18.1 Å². The van der Waals surface area contributed by atoms with Crippen molar-refractivity contribution >= 4 is 47.3 Å². The van der Waals surface area contributed by atoms with E-state index in [9.17, 15) is 29.1 Å². The normalized spacial score (nSPS) is 13.8. The third-order valence-electron chi connectivity index (χ3n) is 5.45. The molecule has 1 heterocycles. The minimum atomic E-state index is -1.27.